The first-order chi connectivity index (χ1) is 8.24. The van der Waals surface area contributed by atoms with E-state index in [1.54, 1.807) is 6.07 Å². The van der Waals surface area contributed by atoms with Crippen LogP contribution in [0, 0.1) is 17.2 Å². The summed E-state index contributed by atoms with van der Waals surface area (Å²) in [7, 11) is 0. The fourth-order valence-electron chi connectivity index (χ4n) is 2.22. The number of hydrogen-bond acceptors (Lipinski definition) is 3. The second-order valence-corrected chi connectivity index (χ2v) is 4.37. The van der Waals surface area contributed by atoms with Gasteiger partial charge in [-0.1, -0.05) is 6.92 Å². The lowest BCUT2D eigenvalue weighted by molar-refractivity contribution is 0.0903. The molecule has 1 heterocycles. The number of furan rings is 1. The highest BCUT2D eigenvalue weighted by molar-refractivity contribution is 5.91. The van der Waals surface area contributed by atoms with Crippen LogP contribution in [0.5, 0.6) is 0 Å². The van der Waals surface area contributed by atoms with Gasteiger partial charge in [0, 0.05) is 12.5 Å². The van der Waals surface area contributed by atoms with Crippen LogP contribution in [-0.2, 0) is 6.42 Å². The monoisotopic (exact) mass is 232 g/mol. The number of carbonyl (C=O) groups is 1. The van der Waals surface area contributed by atoms with Crippen molar-refractivity contribution < 1.29 is 9.21 Å². The van der Waals surface area contributed by atoms with E-state index in [1.807, 2.05) is 13.0 Å². The number of amides is 1. The average Bonchev–Trinajstić information content (AvgIpc) is 2.96. The highest BCUT2D eigenvalue weighted by atomic mass is 16.3. The van der Waals surface area contributed by atoms with E-state index < -0.39 is 0 Å². The molecule has 1 aliphatic carbocycles. The molecule has 2 atom stereocenters. The lowest BCUT2D eigenvalue weighted by Gasteiger charge is -2.14. The van der Waals surface area contributed by atoms with E-state index in [-0.39, 0.29) is 17.9 Å². The zero-order valence-corrected chi connectivity index (χ0v) is 9.90. The summed E-state index contributed by atoms with van der Waals surface area (Å²) in [6.45, 7) is 1.98. The topological polar surface area (TPSA) is 66.0 Å². The lowest BCUT2D eigenvalue weighted by atomic mass is 10.1. The summed E-state index contributed by atoms with van der Waals surface area (Å²) in [4.78, 5) is 11.9. The molecule has 0 aliphatic heterocycles. The fraction of sp³-hybridized carbons (Fsp3) is 0.538. The Morgan fingerprint density at radius 1 is 1.59 bits per heavy atom. The van der Waals surface area contributed by atoms with Crippen molar-refractivity contribution in [1.82, 2.24) is 5.32 Å². The Morgan fingerprint density at radius 3 is 3.06 bits per heavy atom. The van der Waals surface area contributed by atoms with Crippen molar-refractivity contribution >= 4 is 5.91 Å². The zero-order chi connectivity index (χ0) is 12.3. The van der Waals surface area contributed by atoms with Crippen LogP contribution in [0.4, 0.5) is 0 Å². The number of carbonyl (C=O) groups excluding carboxylic acids is 1. The van der Waals surface area contributed by atoms with Crippen LogP contribution in [0.15, 0.2) is 16.5 Å². The van der Waals surface area contributed by atoms with E-state index in [2.05, 4.69) is 11.4 Å². The lowest BCUT2D eigenvalue weighted by Crippen LogP contribution is -2.36. The zero-order valence-electron chi connectivity index (χ0n) is 9.90. The van der Waals surface area contributed by atoms with Gasteiger partial charge in [-0.2, -0.15) is 5.26 Å². The van der Waals surface area contributed by atoms with Crippen LogP contribution in [-0.4, -0.2) is 11.9 Å². The molecule has 1 aliphatic rings. The van der Waals surface area contributed by atoms with Gasteiger partial charge in [0.2, 0.25) is 0 Å². The summed E-state index contributed by atoms with van der Waals surface area (Å²) in [5.74, 6) is 0.875. The minimum atomic E-state index is -0.211. The van der Waals surface area contributed by atoms with Crippen molar-refractivity contribution in [1.29, 1.82) is 5.26 Å². The molecule has 0 aromatic carbocycles. The highest BCUT2D eigenvalue weighted by Crippen LogP contribution is 2.25. The maximum absolute atomic E-state index is 11.9. The molecule has 2 unspecified atom stereocenters. The van der Waals surface area contributed by atoms with Crippen LogP contribution in [0.3, 0.4) is 0 Å². The van der Waals surface area contributed by atoms with Gasteiger partial charge in [0.25, 0.3) is 5.91 Å². The summed E-state index contributed by atoms with van der Waals surface area (Å²) in [5.41, 5.74) is 0. The Bertz CT molecular complexity index is 445. The summed E-state index contributed by atoms with van der Waals surface area (Å²) < 4.78 is 5.38. The third kappa shape index (κ3) is 2.50. The SMILES string of the molecule is CCc1ccc(C(=O)NC2CCCC2C#N)o1. The molecule has 90 valence electrons. The number of rotatable bonds is 3. The Hall–Kier alpha value is -1.76. The largest absolute Gasteiger partial charge is 0.456 e. The molecule has 1 amide bonds. The third-order valence-corrected chi connectivity index (χ3v) is 3.23. The molecule has 4 heteroatoms. The van der Waals surface area contributed by atoms with Crippen molar-refractivity contribution in [3.8, 4) is 6.07 Å². The van der Waals surface area contributed by atoms with Crippen LogP contribution in [0.25, 0.3) is 0 Å². The predicted octanol–water partition coefficient (Wildman–Crippen LogP) is 2.26. The Labute approximate surface area is 101 Å². The molecule has 1 N–H and O–H groups in total. The molecule has 1 aromatic heterocycles. The molecule has 1 saturated carbocycles. The second kappa shape index (κ2) is 5.05. The van der Waals surface area contributed by atoms with E-state index in [4.69, 9.17) is 9.68 Å². The number of aryl methyl sites for hydroxylation is 1. The average molecular weight is 232 g/mol. The number of nitriles is 1. The summed E-state index contributed by atoms with van der Waals surface area (Å²) >= 11 is 0. The van der Waals surface area contributed by atoms with Gasteiger partial charge in [0.15, 0.2) is 5.76 Å². The number of hydrogen-bond donors (Lipinski definition) is 1. The van der Waals surface area contributed by atoms with Gasteiger partial charge in [0.05, 0.1) is 12.0 Å². The van der Waals surface area contributed by atoms with Gasteiger partial charge in [-0.05, 0) is 31.4 Å². The molecule has 17 heavy (non-hydrogen) atoms. The first-order valence-corrected chi connectivity index (χ1v) is 6.03. The molecule has 0 saturated heterocycles. The van der Waals surface area contributed by atoms with Crippen molar-refractivity contribution in [2.45, 2.75) is 38.6 Å². The molecule has 0 bridgehead atoms. The minimum Gasteiger partial charge on any atom is -0.456 e. The number of nitrogens with zero attached hydrogens (tertiary/aromatic N) is 1. The van der Waals surface area contributed by atoms with Crippen LogP contribution >= 0.6 is 0 Å². The smallest absolute Gasteiger partial charge is 0.287 e. The van der Waals surface area contributed by atoms with Crippen molar-refractivity contribution in [2.75, 3.05) is 0 Å². The first kappa shape index (κ1) is 11.7. The van der Waals surface area contributed by atoms with Crippen LogP contribution in [0.1, 0.15) is 42.5 Å². The minimum absolute atomic E-state index is 0.0253. The molecule has 2 rings (SSSR count). The third-order valence-electron chi connectivity index (χ3n) is 3.23. The highest BCUT2D eigenvalue weighted by Gasteiger charge is 2.29. The van der Waals surface area contributed by atoms with Crippen LogP contribution < -0.4 is 5.32 Å². The van der Waals surface area contributed by atoms with Gasteiger partial charge >= 0.3 is 0 Å². The maximum Gasteiger partial charge on any atom is 0.287 e. The summed E-state index contributed by atoms with van der Waals surface area (Å²) in [6.07, 6.45) is 3.53. The Balaban J connectivity index is 1.99. The molecule has 0 radical (unpaired) electrons. The first-order valence-electron chi connectivity index (χ1n) is 6.03. The van der Waals surface area contributed by atoms with Crippen molar-refractivity contribution in [3.05, 3.63) is 23.7 Å². The van der Waals surface area contributed by atoms with Crippen molar-refractivity contribution in [3.63, 3.8) is 0 Å². The fourth-order valence-corrected chi connectivity index (χ4v) is 2.22. The Morgan fingerprint density at radius 2 is 2.41 bits per heavy atom. The maximum atomic E-state index is 11.9. The normalized spacial score (nSPS) is 23.3. The van der Waals surface area contributed by atoms with Gasteiger partial charge in [-0.3, -0.25) is 4.79 Å². The molecule has 1 fully saturated rings. The van der Waals surface area contributed by atoms with Crippen molar-refractivity contribution in [2.24, 2.45) is 5.92 Å². The van der Waals surface area contributed by atoms with E-state index in [9.17, 15) is 4.79 Å². The Kier molecular flexibility index (Phi) is 3.48. The van der Waals surface area contributed by atoms with Gasteiger partial charge in [-0.15, -0.1) is 0 Å². The molecular formula is C13H16N2O2. The quantitative estimate of drug-likeness (QED) is 0.869. The number of nitrogens with one attached hydrogen (secondary N) is 1. The van der Waals surface area contributed by atoms with E-state index >= 15 is 0 Å². The van der Waals surface area contributed by atoms with Gasteiger partial charge in [0.1, 0.15) is 5.76 Å². The predicted molar refractivity (Wildman–Crippen MR) is 62.3 cm³/mol. The van der Waals surface area contributed by atoms with E-state index in [1.165, 1.54) is 0 Å². The molecule has 4 nitrogen and oxygen atoms in total. The van der Waals surface area contributed by atoms with E-state index in [0.29, 0.717) is 5.76 Å². The standard InChI is InChI=1S/C13H16N2O2/c1-2-10-6-7-12(17-10)13(16)15-11-5-3-4-9(11)8-14/h6-7,9,11H,2-5H2,1H3,(H,15,16). The van der Waals surface area contributed by atoms with Gasteiger partial charge in [-0.25, -0.2) is 0 Å². The molecule has 1 aromatic rings. The second-order valence-electron chi connectivity index (χ2n) is 4.37. The summed E-state index contributed by atoms with van der Waals surface area (Å²) in [6, 6.07) is 5.71. The molecular weight excluding hydrogens is 216 g/mol. The van der Waals surface area contributed by atoms with E-state index in [0.717, 1.165) is 31.4 Å². The van der Waals surface area contributed by atoms with Crippen LogP contribution in [0.2, 0.25) is 0 Å². The van der Waals surface area contributed by atoms with Gasteiger partial charge < -0.3 is 9.73 Å². The summed E-state index contributed by atoms with van der Waals surface area (Å²) in [5, 5.41) is 11.8. The molecule has 0 spiro atoms.